The Balaban J connectivity index is 0. The molecular weight excluding hydrogens is 143 g/mol. The third-order valence-electron chi connectivity index (χ3n) is 0. The summed E-state index contributed by atoms with van der Waals surface area (Å²) in [7, 11) is 0. The molecule has 0 spiro atoms. The first kappa shape index (κ1) is 4020. The van der Waals surface area contributed by atoms with Crippen molar-refractivity contribution in [2.45, 2.75) is 0 Å². The van der Waals surface area contributed by atoms with Gasteiger partial charge in [-0.3, -0.25) is 0 Å². The number of rotatable bonds is 0. The maximum atomic E-state index is 0. The maximum absolute atomic E-state index is 0. The standard InChI is InChI=1S/Co.6H3N/h;6*1H3/q+3;;;;;;. The van der Waals surface area contributed by atoms with E-state index in [-0.39, 0.29) is 53.7 Å². The third-order valence-corrected chi connectivity index (χ3v) is 0. The molecule has 0 bridgehead atoms. The van der Waals surface area contributed by atoms with Crippen molar-refractivity contribution in [1.82, 2.24) is 36.9 Å². The molecule has 54 valence electrons. The molecule has 18 N–H and O–H groups in total. The van der Waals surface area contributed by atoms with E-state index in [9.17, 15) is 0 Å². The molecule has 0 aromatic heterocycles. The molecule has 7 heavy (non-hydrogen) atoms. The van der Waals surface area contributed by atoms with E-state index in [1.54, 1.807) is 0 Å². The predicted octanol–water partition coefficient (Wildman–Crippen LogP) is 0.969. The second kappa shape index (κ2) is 2450. The topological polar surface area (TPSA) is 210 Å². The van der Waals surface area contributed by atoms with Gasteiger partial charge < -0.3 is 36.9 Å². The zero-order valence-electron chi connectivity index (χ0n) is 4.58. The van der Waals surface area contributed by atoms with Crippen LogP contribution >= 0.6 is 0 Å². The quantitative estimate of drug-likeness (QED) is 0.304. The van der Waals surface area contributed by atoms with Gasteiger partial charge in [-0.15, -0.1) is 0 Å². The van der Waals surface area contributed by atoms with Gasteiger partial charge in [-0.1, -0.05) is 0 Å². The normalized spacial score (nSPS) is 0. The summed E-state index contributed by atoms with van der Waals surface area (Å²) in [6.45, 7) is 0. The van der Waals surface area contributed by atoms with Gasteiger partial charge in [0.05, 0.1) is 0 Å². The van der Waals surface area contributed by atoms with Crippen LogP contribution in [0, 0.1) is 0 Å². The molecule has 0 atom stereocenters. The molecule has 0 saturated carbocycles. The largest absolute Gasteiger partial charge is 3.00 e. The van der Waals surface area contributed by atoms with Crippen molar-refractivity contribution < 1.29 is 16.8 Å². The van der Waals surface area contributed by atoms with E-state index in [0.29, 0.717) is 0 Å². The Morgan fingerprint density at radius 2 is 0.286 bits per heavy atom. The van der Waals surface area contributed by atoms with Crippen LogP contribution < -0.4 is 36.9 Å². The van der Waals surface area contributed by atoms with Crippen LogP contribution in [0.5, 0.6) is 0 Å². The second-order valence-corrected chi connectivity index (χ2v) is 0. The summed E-state index contributed by atoms with van der Waals surface area (Å²) in [5.41, 5.74) is 0. The van der Waals surface area contributed by atoms with Crippen LogP contribution in [-0.4, -0.2) is 0 Å². The van der Waals surface area contributed by atoms with E-state index in [2.05, 4.69) is 0 Å². The van der Waals surface area contributed by atoms with Crippen LogP contribution in [0.2, 0.25) is 0 Å². The molecule has 7 heteroatoms. The molecule has 0 amide bonds. The summed E-state index contributed by atoms with van der Waals surface area (Å²) < 4.78 is 0. The van der Waals surface area contributed by atoms with Crippen molar-refractivity contribution >= 4 is 0 Å². The predicted molar refractivity (Wildman–Crippen MR) is 30.1 cm³/mol. The molecule has 0 aromatic carbocycles. The summed E-state index contributed by atoms with van der Waals surface area (Å²) >= 11 is 0. The van der Waals surface area contributed by atoms with Crippen LogP contribution in [-0.2, 0) is 16.8 Å². The fourth-order valence-electron chi connectivity index (χ4n) is 0. The Labute approximate surface area is 54.5 Å². The first-order valence-corrected chi connectivity index (χ1v) is 0. The summed E-state index contributed by atoms with van der Waals surface area (Å²) in [6, 6.07) is 0. The summed E-state index contributed by atoms with van der Waals surface area (Å²) in [6.07, 6.45) is 0. The van der Waals surface area contributed by atoms with E-state index in [1.807, 2.05) is 0 Å². The fraction of sp³-hybridized carbons (Fsp3) is 0. The molecule has 0 aliphatic rings. The Morgan fingerprint density at radius 1 is 0.286 bits per heavy atom. The number of hydrogen-bond donors (Lipinski definition) is 6. The van der Waals surface area contributed by atoms with E-state index >= 15 is 0 Å². The van der Waals surface area contributed by atoms with Crippen molar-refractivity contribution in [2.24, 2.45) is 0 Å². The van der Waals surface area contributed by atoms with Gasteiger partial charge >= 0.3 is 16.8 Å². The molecular formula is H18CoN6+3. The minimum Gasteiger partial charge on any atom is -0.344 e. The van der Waals surface area contributed by atoms with Crippen molar-refractivity contribution in [3.05, 3.63) is 0 Å². The van der Waals surface area contributed by atoms with Gasteiger partial charge in [0.25, 0.3) is 0 Å². The minimum absolute atomic E-state index is 0. The van der Waals surface area contributed by atoms with Gasteiger partial charge in [-0.2, -0.15) is 0 Å². The van der Waals surface area contributed by atoms with E-state index in [0.717, 1.165) is 0 Å². The van der Waals surface area contributed by atoms with Gasteiger partial charge in [-0.25, -0.2) is 0 Å². The summed E-state index contributed by atoms with van der Waals surface area (Å²) in [5.74, 6) is 0. The van der Waals surface area contributed by atoms with Crippen LogP contribution in [0.3, 0.4) is 0 Å². The monoisotopic (exact) mass is 161 g/mol. The van der Waals surface area contributed by atoms with Crippen molar-refractivity contribution in [3.8, 4) is 0 Å². The zero-order valence-corrected chi connectivity index (χ0v) is 5.62. The fourth-order valence-corrected chi connectivity index (χ4v) is 0. The molecule has 6 nitrogen and oxygen atoms in total. The Morgan fingerprint density at radius 3 is 0.286 bits per heavy atom. The smallest absolute Gasteiger partial charge is 0.344 e. The Kier molecular flexibility index (Phi) is 1400000. The summed E-state index contributed by atoms with van der Waals surface area (Å²) in [4.78, 5) is 0. The molecule has 0 saturated heterocycles. The van der Waals surface area contributed by atoms with Gasteiger partial charge in [0.2, 0.25) is 0 Å². The van der Waals surface area contributed by atoms with Crippen LogP contribution in [0.1, 0.15) is 0 Å². The molecule has 0 aromatic rings. The molecule has 0 aliphatic heterocycles. The Bertz CT molecular complexity index is 4.14. The van der Waals surface area contributed by atoms with Gasteiger partial charge in [0, 0.05) is 0 Å². The first-order valence-electron chi connectivity index (χ1n) is 0. The van der Waals surface area contributed by atoms with Gasteiger partial charge in [0.15, 0.2) is 0 Å². The SMILES string of the molecule is N.N.N.N.N.N.[Co+3]. The molecule has 0 aliphatic carbocycles. The first-order chi connectivity index (χ1) is 0. The van der Waals surface area contributed by atoms with Crippen LogP contribution in [0.25, 0.3) is 0 Å². The average Bonchev–Trinajstić information content (AvgIpc) is 0. The third kappa shape index (κ3) is 1610. The van der Waals surface area contributed by atoms with Crippen molar-refractivity contribution in [2.75, 3.05) is 0 Å². The van der Waals surface area contributed by atoms with Crippen LogP contribution in [0.15, 0.2) is 0 Å². The molecule has 0 fully saturated rings. The van der Waals surface area contributed by atoms with E-state index in [1.165, 1.54) is 0 Å². The van der Waals surface area contributed by atoms with Gasteiger partial charge in [-0.05, 0) is 0 Å². The maximum Gasteiger partial charge on any atom is 3.00 e. The van der Waals surface area contributed by atoms with Crippen molar-refractivity contribution in [1.29, 1.82) is 0 Å². The molecule has 0 heterocycles. The number of hydrogen-bond acceptors (Lipinski definition) is 6. The molecule has 0 radical (unpaired) electrons. The second-order valence-electron chi connectivity index (χ2n) is 0. The van der Waals surface area contributed by atoms with Crippen molar-refractivity contribution in [3.63, 3.8) is 0 Å². The molecule has 0 rings (SSSR count). The van der Waals surface area contributed by atoms with Crippen LogP contribution in [0.4, 0.5) is 0 Å². The minimum atomic E-state index is 0. The van der Waals surface area contributed by atoms with Gasteiger partial charge in [0.1, 0.15) is 0 Å². The summed E-state index contributed by atoms with van der Waals surface area (Å²) in [5, 5.41) is 0. The average molecular weight is 161 g/mol. The van der Waals surface area contributed by atoms with E-state index < -0.39 is 0 Å². The molecule has 0 unspecified atom stereocenters. The van der Waals surface area contributed by atoms with E-state index in [4.69, 9.17) is 0 Å². The Hall–Kier alpha value is 0.266. The zero-order chi connectivity index (χ0) is 0.